The van der Waals surface area contributed by atoms with Crippen LogP contribution in [0.2, 0.25) is 0 Å². The van der Waals surface area contributed by atoms with Gasteiger partial charge in [-0.15, -0.1) is 0 Å². The summed E-state index contributed by atoms with van der Waals surface area (Å²) in [6, 6.07) is -0.349. The summed E-state index contributed by atoms with van der Waals surface area (Å²) in [6.45, 7) is 3.53. The van der Waals surface area contributed by atoms with Crippen LogP contribution in [0.1, 0.15) is 13.8 Å². The quantitative estimate of drug-likeness (QED) is 0.609. The van der Waals surface area contributed by atoms with Crippen molar-refractivity contribution < 1.29 is 14.6 Å². The third kappa shape index (κ3) is 1.56. The number of thioether (sulfide) groups is 1. The van der Waals surface area contributed by atoms with Crippen LogP contribution in [0.4, 0.5) is 4.79 Å². The van der Waals surface area contributed by atoms with Crippen molar-refractivity contribution in [1.82, 2.24) is 0 Å². The molecule has 1 aliphatic rings. The number of carboxylic acid groups (broad SMARTS) is 1. The first-order chi connectivity index (χ1) is 5.46. The average molecular weight is 189 g/mol. The molecule has 1 heterocycles. The lowest BCUT2D eigenvalue weighted by Crippen LogP contribution is -2.43. The first-order valence-electron chi connectivity index (χ1n) is 3.48. The summed E-state index contributed by atoms with van der Waals surface area (Å²) in [7, 11) is 0. The second-order valence-electron chi connectivity index (χ2n) is 2.84. The molecule has 0 bridgehead atoms. The molecular formula is C7H11NO3S. The topological polar surface area (TPSA) is 72.5 Å². The molecule has 0 fully saturated rings. The van der Waals surface area contributed by atoms with Crippen LogP contribution in [-0.2, 0) is 4.74 Å². The Balaban J connectivity index is 2.70. The first kappa shape index (κ1) is 9.41. The molecule has 0 radical (unpaired) electrons. The summed E-state index contributed by atoms with van der Waals surface area (Å²) in [4.78, 5) is 9.45. The minimum absolute atomic E-state index is 0.349. The summed E-state index contributed by atoms with van der Waals surface area (Å²) in [6.07, 6.45) is -1.29. The average Bonchev–Trinajstić information content (AvgIpc) is 2.16. The summed E-state index contributed by atoms with van der Waals surface area (Å²) in [5.74, 6) is 0. The van der Waals surface area contributed by atoms with E-state index in [-0.39, 0.29) is 6.04 Å². The standard InChI is InChI=1S/C7H11NO3S/c1-4-3-12-7(2,5(4)8)11-6(9)10/h3,5H,8H2,1-2H3,(H,9,10). The molecule has 0 aliphatic carbocycles. The summed E-state index contributed by atoms with van der Waals surface area (Å²) in [5.41, 5.74) is 6.68. The van der Waals surface area contributed by atoms with E-state index < -0.39 is 11.1 Å². The van der Waals surface area contributed by atoms with Gasteiger partial charge < -0.3 is 15.6 Å². The zero-order chi connectivity index (χ0) is 9.35. The van der Waals surface area contributed by atoms with Gasteiger partial charge in [-0.1, -0.05) is 11.8 Å². The van der Waals surface area contributed by atoms with Crippen LogP contribution in [0.15, 0.2) is 11.0 Å². The smallest absolute Gasteiger partial charge is 0.450 e. The molecule has 4 nitrogen and oxygen atoms in total. The van der Waals surface area contributed by atoms with Gasteiger partial charge in [-0.05, 0) is 24.8 Å². The van der Waals surface area contributed by atoms with Gasteiger partial charge in [0.2, 0.25) is 0 Å². The summed E-state index contributed by atoms with van der Waals surface area (Å²) in [5, 5.41) is 10.3. The highest BCUT2D eigenvalue weighted by Crippen LogP contribution is 2.40. The fourth-order valence-electron chi connectivity index (χ4n) is 1.03. The van der Waals surface area contributed by atoms with Crippen LogP contribution in [0.5, 0.6) is 0 Å². The van der Waals surface area contributed by atoms with Crippen LogP contribution >= 0.6 is 11.8 Å². The second kappa shape index (κ2) is 2.99. The van der Waals surface area contributed by atoms with Gasteiger partial charge in [0.05, 0.1) is 6.04 Å². The molecule has 0 saturated carbocycles. The maximum atomic E-state index is 10.3. The van der Waals surface area contributed by atoms with Crippen molar-refractivity contribution >= 4 is 17.9 Å². The van der Waals surface area contributed by atoms with E-state index in [0.717, 1.165) is 5.57 Å². The van der Waals surface area contributed by atoms with Gasteiger partial charge in [0.1, 0.15) is 0 Å². The minimum atomic E-state index is -1.29. The zero-order valence-electron chi connectivity index (χ0n) is 6.90. The molecule has 68 valence electrons. The normalized spacial score (nSPS) is 34.6. The molecule has 0 aromatic rings. The number of nitrogens with two attached hydrogens (primary N) is 1. The molecule has 0 aromatic carbocycles. The number of hydrogen-bond donors (Lipinski definition) is 2. The van der Waals surface area contributed by atoms with E-state index in [9.17, 15) is 4.79 Å². The molecule has 2 unspecified atom stereocenters. The van der Waals surface area contributed by atoms with Gasteiger partial charge in [-0.25, -0.2) is 4.79 Å². The van der Waals surface area contributed by atoms with E-state index in [1.165, 1.54) is 11.8 Å². The lowest BCUT2D eigenvalue weighted by atomic mass is 10.1. The van der Waals surface area contributed by atoms with Gasteiger partial charge in [0.15, 0.2) is 4.93 Å². The van der Waals surface area contributed by atoms with Gasteiger partial charge >= 0.3 is 6.16 Å². The monoisotopic (exact) mass is 189 g/mol. The van der Waals surface area contributed by atoms with Gasteiger partial charge in [0.25, 0.3) is 0 Å². The number of rotatable bonds is 1. The SMILES string of the molecule is CC1=CSC(C)(OC(=O)O)C1N. The van der Waals surface area contributed by atoms with Crippen molar-refractivity contribution in [3.05, 3.63) is 11.0 Å². The Labute approximate surface area is 74.8 Å². The zero-order valence-corrected chi connectivity index (χ0v) is 7.72. The Hall–Kier alpha value is -0.680. The Kier molecular flexibility index (Phi) is 2.34. The summed E-state index contributed by atoms with van der Waals surface area (Å²) < 4.78 is 4.68. The maximum absolute atomic E-state index is 10.3. The van der Waals surface area contributed by atoms with Crippen LogP contribution in [0, 0.1) is 0 Å². The summed E-state index contributed by atoms with van der Waals surface area (Å²) >= 11 is 1.30. The Morgan fingerprint density at radius 1 is 1.92 bits per heavy atom. The van der Waals surface area contributed by atoms with E-state index in [2.05, 4.69) is 4.74 Å². The largest absolute Gasteiger partial charge is 0.507 e. The van der Waals surface area contributed by atoms with E-state index in [1.54, 1.807) is 6.92 Å². The highest BCUT2D eigenvalue weighted by molar-refractivity contribution is 8.03. The van der Waals surface area contributed by atoms with Crippen molar-refractivity contribution in [1.29, 1.82) is 0 Å². The van der Waals surface area contributed by atoms with Crippen LogP contribution < -0.4 is 5.73 Å². The molecule has 0 amide bonds. The lowest BCUT2D eigenvalue weighted by Gasteiger charge is -2.27. The number of hydrogen-bond acceptors (Lipinski definition) is 4. The van der Waals surface area contributed by atoms with Crippen LogP contribution in [-0.4, -0.2) is 22.2 Å². The van der Waals surface area contributed by atoms with Crippen molar-refractivity contribution in [3.63, 3.8) is 0 Å². The highest BCUT2D eigenvalue weighted by Gasteiger charge is 2.41. The number of carbonyl (C=O) groups is 1. The van der Waals surface area contributed by atoms with E-state index >= 15 is 0 Å². The fourth-order valence-corrected chi connectivity index (χ4v) is 2.05. The maximum Gasteiger partial charge on any atom is 0.507 e. The van der Waals surface area contributed by atoms with Gasteiger partial charge in [0, 0.05) is 0 Å². The Morgan fingerprint density at radius 2 is 2.50 bits per heavy atom. The molecule has 1 aliphatic heterocycles. The van der Waals surface area contributed by atoms with Crippen molar-refractivity contribution in [3.8, 4) is 0 Å². The predicted molar refractivity (Wildman–Crippen MR) is 46.8 cm³/mol. The second-order valence-corrected chi connectivity index (χ2v) is 4.12. The third-order valence-corrected chi connectivity index (χ3v) is 3.12. The van der Waals surface area contributed by atoms with E-state index in [1.807, 2.05) is 12.3 Å². The lowest BCUT2D eigenvalue weighted by molar-refractivity contribution is 0.0378. The highest BCUT2D eigenvalue weighted by atomic mass is 32.2. The molecule has 0 spiro atoms. The van der Waals surface area contributed by atoms with Crippen molar-refractivity contribution in [2.75, 3.05) is 0 Å². The molecular weight excluding hydrogens is 178 g/mol. The Morgan fingerprint density at radius 3 is 2.83 bits per heavy atom. The molecule has 0 aromatic heterocycles. The molecule has 3 N–H and O–H groups in total. The first-order valence-corrected chi connectivity index (χ1v) is 4.35. The number of ether oxygens (including phenoxy) is 1. The minimum Gasteiger partial charge on any atom is -0.450 e. The van der Waals surface area contributed by atoms with Crippen molar-refractivity contribution in [2.45, 2.75) is 24.8 Å². The molecule has 5 heteroatoms. The predicted octanol–water partition coefficient (Wildman–Crippen LogP) is 1.38. The molecule has 0 saturated heterocycles. The van der Waals surface area contributed by atoms with Crippen molar-refractivity contribution in [2.24, 2.45) is 5.73 Å². The molecule has 12 heavy (non-hydrogen) atoms. The fraction of sp³-hybridized carbons (Fsp3) is 0.571. The molecule has 1 rings (SSSR count). The van der Waals surface area contributed by atoms with Gasteiger partial charge in [-0.3, -0.25) is 0 Å². The van der Waals surface area contributed by atoms with Crippen LogP contribution in [0.3, 0.4) is 0 Å². The third-order valence-electron chi connectivity index (χ3n) is 1.82. The van der Waals surface area contributed by atoms with Crippen LogP contribution in [0.25, 0.3) is 0 Å². The van der Waals surface area contributed by atoms with E-state index in [0.29, 0.717) is 0 Å². The van der Waals surface area contributed by atoms with Gasteiger partial charge in [-0.2, -0.15) is 0 Å². The van der Waals surface area contributed by atoms with E-state index in [4.69, 9.17) is 10.8 Å². The Bertz CT molecular complexity index is 241. The molecule has 2 atom stereocenters.